The summed E-state index contributed by atoms with van der Waals surface area (Å²) in [6.45, 7) is 3.01. The van der Waals surface area contributed by atoms with E-state index in [0.717, 1.165) is 64.9 Å². The summed E-state index contributed by atoms with van der Waals surface area (Å²) in [6, 6.07) is 14.1. The maximum absolute atomic E-state index is 6.38. The van der Waals surface area contributed by atoms with E-state index < -0.39 is 0 Å². The summed E-state index contributed by atoms with van der Waals surface area (Å²) in [5, 5.41) is 9.38. The highest BCUT2D eigenvalue weighted by Crippen LogP contribution is 2.33. The van der Waals surface area contributed by atoms with Crippen molar-refractivity contribution in [2.75, 3.05) is 19.0 Å². The maximum Gasteiger partial charge on any atom is 0.133 e. The van der Waals surface area contributed by atoms with Crippen LogP contribution in [0.5, 0.6) is 5.75 Å². The van der Waals surface area contributed by atoms with Crippen LogP contribution in [0.25, 0.3) is 5.69 Å². The Bertz CT molecular complexity index is 964. The van der Waals surface area contributed by atoms with Gasteiger partial charge < -0.3 is 10.1 Å². The zero-order valence-corrected chi connectivity index (χ0v) is 16.5. The van der Waals surface area contributed by atoms with Crippen molar-refractivity contribution in [3.05, 3.63) is 69.9 Å². The number of rotatable bonds is 4. The quantitative estimate of drug-likeness (QED) is 0.676. The Morgan fingerprint density at radius 3 is 2.85 bits per heavy atom. The molecule has 2 aromatic carbocycles. The monoisotopic (exact) mass is 381 g/mol. The molecule has 1 aliphatic rings. The first kappa shape index (κ1) is 17.9. The number of nitrogens with zero attached hydrogens (tertiary/aromatic N) is 2. The van der Waals surface area contributed by atoms with Gasteiger partial charge in [-0.2, -0.15) is 5.10 Å². The van der Waals surface area contributed by atoms with Gasteiger partial charge in [-0.3, -0.25) is 0 Å². The molecular formula is C22H24ClN3O. The summed E-state index contributed by atoms with van der Waals surface area (Å²) in [7, 11) is 1.72. The minimum absolute atomic E-state index is 0.751. The van der Waals surface area contributed by atoms with Crippen molar-refractivity contribution < 1.29 is 4.74 Å². The van der Waals surface area contributed by atoms with Crippen LogP contribution in [0.3, 0.4) is 0 Å². The van der Waals surface area contributed by atoms with Gasteiger partial charge in [0.15, 0.2) is 0 Å². The lowest BCUT2D eigenvalue weighted by Gasteiger charge is -2.12. The van der Waals surface area contributed by atoms with Crippen LogP contribution in [-0.4, -0.2) is 23.4 Å². The van der Waals surface area contributed by atoms with Crippen LogP contribution >= 0.6 is 11.6 Å². The molecule has 140 valence electrons. The van der Waals surface area contributed by atoms with E-state index in [0.29, 0.717) is 0 Å². The van der Waals surface area contributed by atoms with Gasteiger partial charge in [0.25, 0.3) is 0 Å². The lowest BCUT2D eigenvalue weighted by molar-refractivity contribution is 0.410. The van der Waals surface area contributed by atoms with E-state index in [-0.39, 0.29) is 0 Å². The van der Waals surface area contributed by atoms with Gasteiger partial charge in [0.2, 0.25) is 0 Å². The van der Waals surface area contributed by atoms with Crippen LogP contribution < -0.4 is 10.1 Å². The molecule has 1 aromatic heterocycles. The second-order valence-corrected chi connectivity index (χ2v) is 7.35. The van der Waals surface area contributed by atoms with Gasteiger partial charge in [-0.25, -0.2) is 4.68 Å². The van der Waals surface area contributed by atoms with Crippen LogP contribution in [0, 0.1) is 6.92 Å². The standard InChI is InChI=1S/C22H24ClN3O/c1-15-18(23)10-7-11-20(15)26-22-17(9-5-6-13-24-22)19(25-26)14-16-8-3-4-12-21(16)27-2/h3-4,7-8,10-12,24H,5-6,9,13-14H2,1-2H3. The molecule has 5 heteroatoms. The number of methoxy groups -OCH3 is 1. The average Bonchev–Trinajstić information content (AvgIpc) is 2.86. The smallest absolute Gasteiger partial charge is 0.133 e. The Morgan fingerprint density at radius 1 is 1.15 bits per heavy atom. The number of halogens is 1. The van der Waals surface area contributed by atoms with E-state index in [2.05, 4.69) is 17.4 Å². The van der Waals surface area contributed by atoms with Gasteiger partial charge in [0.05, 0.1) is 18.5 Å². The van der Waals surface area contributed by atoms with Crippen molar-refractivity contribution in [2.24, 2.45) is 0 Å². The maximum atomic E-state index is 6.38. The molecule has 0 bridgehead atoms. The Labute approximate surface area is 165 Å². The number of nitrogens with one attached hydrogen (secondary N) is 1. The Kier molecular flexibility index (Phi) is 5.08. The first-order valence-corrected chi connectivity index (χ1v) is 9.79. The molecular weight excluding hydrogens is 358 g/mol. The molecule has 1 N–H and O–H groups in total. The van der Waals surface area contributed by atoms with Crippen molar-refractivity contribution in [1.82, 2.24) is 9.78 Å². The van der Waals surface area contributed by atoms with E-state index in [1.54, 1.807) is 7.11 Å². The van der Waals surface area contributed by atoms with E-state index in [4.69, 9.17) is 21.4 Å². The molecule has 0 atom stereocenters. The third-order valence-corrected chi connectivity index (χ3v) is 5.64. The fraction of sp³-hybridized carbons (Fsp3) is 0.318. The normalized spacial score (nSPS) is 13.6. The van der Waals surface area contributed by atoms with Crippen LogP contribution in [0.4, 0.5) is 5.82 Å². The van der Waals surface area contributed by atoms with E-state index >= 15 is 0 Å². The Morgan fingerprint density at radius 2 is 2.00 bits per heavy atom. The fourth-order valence-corrected chi connectivity index (χ4v) is 3.91. The SMILES string of the molecule is COc1ccccc1Cc1nn(-c2cccc(Cl)c2C)c2c1CCCCN2. The molecule has 4 rings (SSSR count). The fourth-order valence-electron chi connectivity index (χ4n) is 3.74. The number of hydrogen-bond donors (Lipinski definition) is 1. The predicted octanol–water partition coefficient (Wildman–Crippen LogP) is 5.18. The highest BCUT2D eigenvalue weighted by Gasteiger charge is 2.22. The lowest BCUT2D eigenvalue weighted by atomic mass is 10.0. The number of ether oxygens (including phenoxy) is 1. The molecule has 0 unspecified atom stereocenters. The number of benzene rings is 2. The summed E-state index contributed by atoms with van der Waals surface area (Å²) in [5.41, 5.74) is 5.62. The zero-order valence-electron chi connectivity index (χ0n) is 15.8. The van der Waals surface area contributed by atoms with Crippen molar-refractivity contribution in [1.29, 1.82) is 0 Å². The van der Waals surface area contributed by atoms with Crippen molar-refractivity contribution in [3.8, 4) is 11.4 Å². The molecule has 0 amide bonds. The highest BCUT2D eigenvalue weighted by atomic mass is 35.5. The predicted molar refractivity (Wildman–Crippen MR) is 111 cm³/mol. The second-order valence-electron chi connectivity index (χ2n) is 6.94. The largest absolute Gasteiger partial charge is 0.496 e. The molecule has 3 aromatic rings. The molecule has 0 radical (unpaired) electrons. The van der Waals surface area contributed by atoms with Gasteiger partial charge in [0, 0.05) is 29.1 Å². The minimum atomic E-state index is 0.751. The molecule has 0 spiro atoms. The second kappa shape index (κ2) is 7.65. The van der Waals surface area contributed by atoms with Crippen LogP contribution in [0.2, 0.25) is 5.02 Å². The molecule has 4 nitrogen and oxygen atoms in total. The molecule has 0 aliphatic carbocycles. The van der Waals surface area contributed by atoms with Crippen molar-refractivity contribution >= 4 is 17.4 Å². The molecule has 0 fully saturated rings. The number of aromatic nitrogens is 2. The highest BCUT2D eigenvalue weighted by molar-refractivity contribution is 6.31. The van der Waals surface area contributed by atoms with Crippen LogP contribution in [0.1, 0.15) is 35.2 Å². The number of anilines is 1. The van der Waals surface area contributed by atoms with E-state index in [1.165, 1.54) is 12.0 Å². The first-order valence-electron chi connectivity index (χ1n) is 9.41. The summed E-state index contributed by atoms with van der Waals surface area (Å²) in [4.78, 5) is 0. The van der Waals surface area contributed by atoms with Crippen molar-refractivity contribution in [2.45, 2.75) is 32.6 Å². The number of fused-ring (bicyclic) bond motifs is 1. The van der Waals surface area contributed by atoms with Crippen LogP contribution in [-0.2, 0) is 12.8 Å². The third kappa shape index (κ3) is 3.42. The summed E-state index contributed by atoms with van der Waals surface area (Å²) in [6.07, 6.45) is 4.11. The summed E-state index contributed by atoms with van der Waals surface area (Å²) < 4.78 is 7.58. The molecule has 27 heavy (non-hydrogen) atoms. The summed E-state index contributed by atoms with van der Waals surface area (Å²) in [5.74, 6) is 2.00. The van der Waals surface area contributed by atoms with E-state index in [9.17, 15) is 0 Å². The van der Waals surface area contributed by atoms with Gasteiger partial charge in [-0.05, 0) is 49.9 Å². The Hall–Kier alpha value is -2.46. The van der Waals surface area contributed by atoms with Crippen molar-refractivity contribution in [3.63, 3.8) is 0 Å². The van der Waals surface area contributed by atoms with Gasteiger partial charge in [-0.1, -0.05) is 35.9 Å². The third-order valence-electron chi connectivity index (χ3n) is 5.23. The Balaban J connectivity index is 1.83. The molecule has 1 aliphatic heterocycles. The summed E-state index contributed by atoms with van der Waals surface area (Å²) >= 11 is 6.38. The van der Waals surface area contributed by atoms with Gasteiger partial charge in [0.1, 0.15) is 11.6 Å². The number of hydrogen-bond acceptors (Lipinski definition) is 3. The number of para-hydroxylation sites is 1. The zero-order chi connectivity index (χ0) is 18.8. The lowest BCUT2D eigenvalue weighted by Crippen LogP contribution is -2.08. The topological polar surface area (TPSA) is 39.1 Å². The van der Waals surface area contributed by atoms with E-state index in [1.807, 2.05) is 41.9 Å². The molecule has 2 heterocycles. The van der Waals surface area contributed by atoms with Gasteiger partial charge >= 0.3 is 0 Å². The molecule has 0 saturated heterocycles. The minimum Gasteiger partial charge on any atom is -0.496 e. The first-order chi connectivity index (χ1) is 13.2. The average molecular weight is 382 g/mol. The van der Waals surface area contributed by atoms with Gasteiger partial charge in [-0.15, -0.1) is 0 Å². The van der Waals surface area contributed by atoms with Crippen LogP contribution in [0.15, 0.2) is 42.5 Å². The molecule has 0 saturated carbocycles.